The molecule has 0 aromatic carbocycles. The molecule has 0 saturated heterocycles. The van der Waals surface area contributed by atoms with Gasteiger partial charge in [-0.05, 0) is 25.5 Å². The van der Waals surface area contributed by atoms with Crippen LogP contribution in [0.1, 0.15) is 27.4 Å². The van der Waals surface area contributed by atoms with Gasteiger partial charge in [0.1, 0.15) is 17.1 Å². The van der Waals surface area contributed by atoms with Crippen molar-refractivity contribution < 1.29 is 19.2 Å². The van der Waals surface area contributed by atoms with Gasteiger partial charge in [0.15, 0.2) is 0 Å². The topological polar surface area (TPSA) is 118 Å². The number of carbonyl (C=O) groups is 1. The van der Waals surface area contributed by atoms with Gasteiger partial charge >= 0.3 is 11.7 Å². The van der Waals surface area contributed by atoms with Crippen LogP contribution >= 0.6 is 0 Å². The lowest BCUT2D eigenvalue weighted by molar-refractivity contribution is -0.384. The summed E-state index contributed by atoms with van der Waals surface area (Å²) >= 11 is 0. The Hall–Kier alpha value is -2.90. The molecule has 0 aliphatic rings. The number of furan rings is 1. The van der Waals surface area contributed by atoms with Crippen molar-refractivity contribution in [1.82, 2.24) is 4.98 Å². The van der Waals surface area contributed by atoms with E-state index in [1.165, 1.54) is 18.3 Å². The second-order valence-electron chi connectivity index (χ2n) is 4.48. The Labute approximate surface area is 119 Å². The highest BCUT2D eigenvalue weighted by Crippen LogP contribution is 2.23. The van der Waals surface area contributed by atoms with Gasteiger partial charge in [0, 0.05) is 12.3 Å². The predicted octanol–water partition coefficient (Wildman–Crippen LogP) is 2.51. The van der Waals surface area contributed by atoms with Gasteiger partial charge in [0.2, 0.25) is 5.82 Å². The molecule has 2 heterocycles. The van der Waals surface area contributed by atoms with Crippen LogP contribution in [0.3, 0.4) is 0 Å². The SMILES string of the molecule is Cc1cnc(NCc2cc(C(=O)O)c(C)o2)c([N+](=O)[O-])c1. The molecule has 0 amide bonds. The van der Waals surface area contributed by atoms with Crippen molar-refractivity contribution in [2.75, 3.05) is 5.32 Å². The summed E-state index contributed by atoms with van der Waals surface area (Å²) in [5.41, 5.74) is 0.601. The highest BCUT2D eigenvalue weighted by molar-refractivity contribution is 5.88. The standard InChI is InChI=1S/C13H13N3O5/c1-7-3-11(16(19)20)12(14-5-7)15-6-9-4-10(13(17)18)8(2)21-9/h3-5H,6H2,1-2H3,(H,14,15)(H,17,18). The van der Waals surface area contributed by atoms with Crippen LogP contribution in [0.2, 0.25) is 0 Å². The maximum atomic E-state index is 11.0. The Kier molecular flexibility index (Phi) is 3.88. The third-order valence-electron chi connectivity index (χ3n) is 2.83. The van der Waals surface area contributed by atoms with Crippen LogP contribution in [0.4, 0.5) is 11.5 Å². The zero-order chi connectivity index (χ0) is 15.6. The van der Waals surface area contributed by atoms with E-state index in [0.29, 0.717) is 11.3 Å². The van der Waals surface area contributed by atoms with Gasteiger partial charge in [-0.1, -0.05) is 0 Å². The van der Waals surface area contributed by atoms with E-state index in [4.69, 9.17) is 9.52 Å². The summed E-state index contributed by atoms with van der Waals surface area (Å²) < 4.78 is 5.28. The Bertz CT molecular complexity index is 708. The Morgan fingerprint density at radius 1 is 1.48 bits per heavy atom. The van der Waals surface area contributed by atoms with E-state index < -0.39 is 10.9 Å². The number of aromatic carboxylic acids is 1. The van der Waals surface area contributed by atoms with Crippen LogP contribution in [-0.4, -0.2) is 21.0 Å². The van der Waals surface area contributed by atoms with E-state index in [0.717, 1.165) is 0 Å². The van der Waals surface area contributed by atoms with Crippen LogP contribution in [0, 0.1) is 24.0 Å². The number of carboxylic acid groups (broad SMARTS) is 1. The molecular weight excluding hydrogens is 278 g/mol. The Morgan fingerprint density at radius 2 is 2.19 bits per heavy atom. The monoisotopic (exact) mass is 291 g/mol. The predicted molar refractivity (Wildman–Crippen MR) is 73.4 cm³/mol. The first kappa shape index (κ1) is 14.5. The molecule has 0 aliphatic heterocycles. The summed E-state index contributed by atoms with van der Waals surface area (Å²) in [5, 5.41) is 22.7. The number of nitro groups is 1. The molecule has 110 valence electrons. The van der Waals surface area contributed by atoms with Gasteiger partial charge in [0.25, 0.3) is 0 Å². The molecule has 0 saturated carbocycles. The number of carboxylic acids is 1. The fourth-order valence-electron chi connectivity index (χ4n) is 1.84. The fraction of sp³-hybridized carbons (Fsp3) is 0.231. The van der Waals surface area contributed by atoms with Crippen LogP contribution in [-0.2, 0) is 6.54 Å². The molecule has 0 spiro atoms. The van der Waals surface area contributed by atoms with E-state index in [1.54, 1.807) is 13.8 Å². The zero-order valence-electron chi connectivity index (χ0n) is 11.4. The van der Waals surface area contributed by atoms with Crippen molar-refractivity contribution in [3.05, 3.63) is 51.1 Å². The van der Waals surface area contributed by atoms with E-state index in [1.807, 2.05) is 0 Å². The summed E-state index contributed by atoms with van der Waals surface area (Å²) in [5.74, 6) is -0.328. The van der Waals surface area contributed by atoms with Crippen LogP contribution in [0.15, 0.2) is 22.7 Å². The van der Waals surface area contributed by atoms with Crippen molar-refractivity contribution in [2.45, 2.75) is 20.4 Å². The van der Waals surface area contributed by atoms with Crippen LogP contribution < -0.4 is 5.32 Å². The second kappa shape index (κ2) is 5.61. The maximum absolute atomic E-state index is 11.0. The third-order valence-corrected chi connectivity index (χ3v) is 2.83. The van der Waals surface area contributed by atoms with Gasteiger partial charge in [-0.2, -0.15) is 0 Å². The van der Waals surface area contributed by atoms with Crippen LogP contribution in [0.25, 0.3) is 0 Å². The average Bonchev–Trinajstić information content (AvgIpc) is 2.78. The van der Waals surface area contributed by atoms with Gasteiger partial charge in [-0.15, -0.1) is 0 Å². The lowest BCUT2D eigenvalue weighted by Crippen LogP contribution is -2.04. The quantitative estimate of drug-likeness (QED) is 0.641. The van der Waals surface area contributed by atoms with Gasteiger partial charge in [-0.25, -0.2) is 9.78 Å². The summed E-state index contributed by atoms with van der Waals surface area (Å²) in [6, 6.07) is 2.79. The van der Waals surface area contributed by atoms with Crippen LogP contribution in [0.5, 0.6) is 0 Å². The number of hydrogen-bond donors (Lipinski definition) is 2. The molecule has 8 nitrogen and oxygen atoms in total. The van der Waals surface area contributed by atoms with Crippen molar-refractivity contribution >= 4 is 17.5 Å². The minimum Gasteiger partial charge on any atom is -0.478 e. The third kappa shape index (κ3) is 3.16. The molecule has 0 fully saturated rings. The summed E-state index contributed by atoms with van der Waals surface area (Å²) in [4.78, 5) is 25.3. The molecule has 0 atom stereocenters. The molecule has 2 aromatic heterocycles. The van der Waals surface area contributed by atoms with E-state index in [2.05, 4.69) is 10.3 Å². The van der Waals surface area contributed by atoms with Gasteiger partial charge in [0.05, 0.1) is 11.5 Å². The lowest BCUT2D eigenvalue weighted by Gasteiger charge is -2.04. The molecular formula is C13H13N3O5. The van der Waals surface area contributed by atoms with Gasteiger partial charge in [-0.3, -0.25) is 10.1 Å². The number of pyridine rings is 1. The minimum atomic E-state index is -1.08. The zero-order valence-corrected chi connectivity index (χ0v) is 11.4. The Morgan fingerprint density at radius 3 is 2.76 bits per heavy atom. The summed E-state index contributed by atoms with van der Waals surface area (Å²) in [6.07, 6.45) is 1.51. The minimum absolute atomic E-state index is 0.0677. The number of nitrogens with zero attached hydrogens (tertiary/aromatic N) is 2. The molecule has 2 aromatic rings. The molecule has 0 radical (unpaired) electrons. The first-order valence-electron chi connectivity index (χ1n) is 6.06. The first-order chi connectivity index (χ1) is 9.88. The average molecular weight is 291 g/mol. The fourth-order valence-corrected chi connectivity index (χ4v) is 1.84. The molecule has 0 bridgehead atoms. The first-order valence-corrected chi connectivity index (χ1v) is 6.06. The molecule has 2 N–H and O–H groups in total. The number of aromatic nitrogens is 1. The van der Waals surface area contributed by atoms with Crippen molar-refractivity contribution in [1.29, 1.82) is 0 Å². The highest BCUT2D eigenvalue weighted by atomic mass is 16.6. The maximum Gasteiger partial charge on any atom is 0.339 e. The lowest BCUT2D eigenvalue weighted by atomic mass is 10.2. The Balaban J connectivity index is 2.19. The van der Waals surface area contributed by atoms with E-state index >= 15 is 0 Å². The summed E-state index contributed by atoms with van der Waals surface area (Å²) in [7, 11) is 0. The van der Waals surface area contributed by atoms with Gasteiger partial charge < -0.3 is 14.8 Å². The normalized spacial score (nSPS) is 10.4. The number of anilines is 1. The number of aryl methyl sites for hydroxylation is 2. The number of nitrogens with one attached hydrogen (secondary N) is 1. The number of rotatable bonds is 5. The smallest absolute Gasteiger partial charge is 0.339 e. The van der Waals surface area contributed by atoms with E-state index in [-0.39, 0.29) is 29.4 Å². The largest absolute Gasteiger partial charge is 0.478 e. The van der Waals surface area contributed by atoms with Crippen molar-refractivity contribution in [3.63, 3.8) is 0 Å². The summed E-state index contributed by atoms with van der Waals surface area (Å²) in [6.45, 7) is 3.35. The van der Waals surface area contributed by atoms with E-state index in [9.17, 15) is 14.9 Å². The molecule has 0 unspecified atom stereocenters. The highest BCUT2D eigenvalue weighted by Gasteiger charge is 2.17. The molecule has 8 heteroatoms. The second-order valence-corrected chi connectivity index (χ2v) is 4.48. The molecule has 2 rings (SSSR count). The molecule has 0 aliphatic carbocycles. The van der Waals surface area contributed by atoms with Crippen molar-refractivity contribution in [2.24, 2.45) is 0 Å². The van der Waals surface area contributed by atoms with Crippen molar-refractivity contribution in [3.8, 4) is 0 Å². The molecule has 21 heavy (non-hydrogen) atoms. The number of hydrogen-bond acceptors (Lipinski definition) is 6.